The molecule has 130 valence electrons. The lowest BCUT2D eigenvalue weighted by Gasteiger charge is -2.15. The zero-order valence-electron chi connectivity index (χ0n) is 14.3. The lowest BCUT2D eigenvalue weighted by Crippen LogP contribution is -2.31. The van der Waals surface area contributed by atoms with Gasteiger partial charge in [-0.2, -0.15) is 5.26 Å². The Morgan fingerprint density at radius 2 is 2.31 bits per heavy atom. The van der Waals surface area contributed by atoms with Gasteiger partial charge in [-0.3, -0.25) is 9.69 Å². The summed E-state index contributed by atoms with van der Waals surface area (Å²) < 4.78 is 0. The fourth-order valence-electron chi connectivity index (χ4n) is 3.60. The van der Waals surface area contributed by atoms with Crippen LogP contribution in [0.3, 0.4) is 0 Å². The van der Waals surface area contributed by atoms with Crippen LogP contribution in [0, 0.1) is 11.3 Å². The molecule has 1 fully saturated rings. The fourth-order valence-corrected chi connectivity index (χ4v) is 3.60. The molecule has 3 heterocycles. The number of nitrogens with zero attached hydrogens (tertiary/aromatic N) is 3. The monoisotopic (exact) mass is 345 g/mol. The summed E-state index contributed by atoms with van der Waals surface area (Å²) >= 11 is 0. The summed E-state index contributed by atoms with van der Waals surface area (Å²) in [6.07, 6.45) is 4.70. The van der Waals surface area contributed by atoms with Crippen LogP contribution in [0.2, 0.25) is 0 Å². The summed E-state index contributed by atoms with van der Waals surface area (Å²) in [6.45, 7) is 2.07. The molecule has 0 radical (unpaired) electrons. The Balaban J connectivity index is 1.42. The summed E-state index contributed by atoms with van der Waals surface area (Å²) in [6, 6.07) is 13.4. The Labute approximate surface area is 151 Å². The van der Waals surface area contributed by atoms with Crippen LogP contribution in [0.25, 0.3) is 10.9 Å². The van der Waals surface area contributed by atoms with Gasteiger partial charge in [0.15, 0.2) is 0 Å². The van der Waals surface area contributed by atoms with Crippen LogP contribution >= 0.6 is 0 Å². The molecule has 6 nitrogen and oxygen atoms in total. The number of amides is 1. The van der Waals surface area contributed by atoms with Crippen molar-refractivity contribution in [2.75, 3.05) is 25.0 Å². The Morgan fingerprint density at radius 3 is 3.12 bits per heavy atom. The molecule has 0 spiro atoms. The van der Waals surface area contributed by atoms with E-state index in [9.17, 15) is 4.79 Å². The number of carbonyl (C=O) groups is 1. The van der Waals surface area contributed by atoms with Gasteiger partial charge in [-0.1, -0.05) is 6.07 Å². The smallest absolute Gasteiger partial charge is 0.239 e. The second kappa shape index (κ2) is 6.98. The van der Waals surface area contributed by atoms with E-state index >= 15 is 0 Å². The van der Waals surface area contributed by atoms with Gasteiger partial charge in [0.1, 0.15) is 5.82 Å². The summed E-state index contributed by atoms with van der Waals surface area (Å²) in [5.74, 6) is 0.893. The number of carbonyl (C=O) groups excluding carboxylic acids is 1. The van der Waals surface area contributed by atoms with Gasteiger partial charge in [-0.15, -0.1) is 0 Å². The van der Waals surface area contributed by atoms with Crippen molar-refractivity contribution in [2.45, 2.75) is 12.3 Å². The first-order valence-corrected chi connectivity index (χ1v) is 8.67. The zero-order chi connectivity index (χ0) is 17.9. The number of aromatic amines is 1. The van der Waals surface area contributed by atoms with Crippen molar-refractivity contribution in [3.8, 4) is 6.07 Å². The van der Waals surface area contributed by atoms with Crippen LogP contribution in [-0.4, -0.2) is 40.4 Å². The average Bonchev–Trinajstić information content (AvgIpc) is 3.28. The number of hydrogen-bond donors (Lipinski definition) is 2. The number of hydrogen-bond acceptors (Lipinski definition) is 4. The van der Waals surface area contributed by atoms with Gasteiger partial charge in [0, 0.05) is 29.8 Å². The Morgan fingerprint density at radius 1 is 1.38 bits per heavy atom. The summed E-state index contributed by atoms with van der Waals surface area (Å²) in [4.78, 5) is 21.8. The summed E-state index contributed by atoms with van der Waals surface area (Å²) in [7, 11) is 0. The van der Waals surface area contributed by atoms with Crippen molar-refractivity contribution < 1.29 is 4.79 Å². The summed E-state index contributed by atoms with van der Waals surface area (Å²) in [5.41, 5.74) is 2.94. The minimum Gasteiger partial charge on any atom is -0.361 e. The van der Waals surface area contributed by atoms with E-state index in [1.807, 2.05) is 36.5 Å². The molecule has 4 rings (SSSR count). The molecule has 1 aromatic carbocycles. The molecule has 1 unspecified atom stereocenters. The molecule has 2 aromatic heterocycles. The van der Waals surface area contributed by atoms with Gasteiger partial charge >= 0.3 is 0 Å². The molecule has 1 amide bonds. The van der Waals surface area contributed by atoms with E-state index in [0.29, 0.717) is 23.8 Å². The van der Waals surface area contributed by atoms with E-state index in [-0.39, 0.29) is 5.91 Å². The van der Waals surface area contributed by atoms with E-state index in [1.165, 1.54) is 5.56 Å². The first-order chi connectivity index (χ1) is 12.7. The van der Waals surface area contributed by atoms with Crippen molar-refractivity contribution in [3.63, 3.8) is 0 Å². The van der Waals surface area contributed by atoms with Crippen molar-refractivity contribution in [3.05, 3.63) is 59.9 Å². The van der Waals surface area contributed by atoms with Crippen LogP contribution in [0.15, 0.2) is 48.8 Å². The van der Waals surface area contributed by atoms with E-state index in [1.54, 1.807) is 12.3 Å². The van der Waals surface area contributed by atoms with Crippen molar-refractivity contribution in [1.29, 1.82) is 5.26 Å². The zero-order valence-corrected chi connectivity index (χ0v) is 14.3. The molecule has 1 aliphatic heterocycles. The number of fused-ring (bicyclic) bond motifs is 1. The van der Waals surface area contributed by atoms with Gasteiger partial charge in [0.2, 0.25) is 5.91 Å². The Hall–Kier alpha value is -3.17. The third-order valence-electron chi connectivity index (χ3n) is 4.85. The molecule has 1 atom stereocenters. The Bertz CT molecular complexity index is 973. The van der Waals surface area contributed by atoms with Gasteiger partial charge in [0.05, 0.1) is 18.2 Å². The minimum absolute atomic E-state index is 0.0463. The largest absolute Gasteiger partial charge is 0.361 e. The molecule has 26 heavy (non-hydrogen) atoms. The second-order valence-corrected chi connectivity index (χ2v) is 6.60. The van der Waals surface area contributed by atoms with Crippen LogP contribution in [0.4, 0.5) is 5.82 Å². The van der Waals surface area contributed by atoms with Crippen LogP contribution in [0.5, 0.6) is 0 Å². The predicted molar refractivity (Wildman–Crippen MR) is 99.7 cm³/mol. The van der Waals surface area contributed by atoms with Crippen LogP contribution in [-0.2, 0) is 4.79 Å². The number of nitrogens with one attached hydrogen (secondary N) is 2. The maximum atomic E-state index is 12.2. The normalized spacial score (nSPS) is 17.3. The Kier molecular flexibility index (Phi) is 4.38. The van der Waals surface area contributed by atoms with Gasteiger partial charge < -0.3 is 10.3 Å². The third kappa shape index (κ3) is 3.30. The number of rotatable bonds is 4. The van der Waals surface area contributed by atoms with E-state index < -0.39 is 0 Å². The van der Waals surface area contributed by atoms with Crippen molar-refractivity contribution in [1.82, 2.24) is 14.9 Å². The molecule has 3 aromatic rings. The second-order valence-electron chi connectivity index (χ2n) is 6.60. The number of benzene rings is 1. The quantitative estimate of drug-likeness (QED) is 0.761. The van der Waals surface area contributed by atoms with Gasteiger partial charge in [-0.05, 0) is 54.8 Å². The van der Waals surface area contributed by atoms with Crippen LogP contribution in [0.1, 0.15) is 23.5 Å². The molecule has 1 aliphatic rings. The van der Waals surface area contributed by atoms with E-state index in [2.05, 4.69) is 26.3 Å². The number of anilines is 1. The highest BCUT2D eigenvalue weighted by Crippen LogP contribution is 2.32. The molecule has 6 heteroatoms. The summed E-state index contributed by atoms with van der Waals surface area (Å²) in [5, 5.41) is 13.1. The fraction of sp³-hybridized carbons (Fsp3) is 0.250. The molecular formula is C20H19N5O. The highest BCUT2D eigenvalue weighted by Gasteiger charge is 2.27. The number of pyridine rings is 1. The van der Waals surface area contributed by atoms with Crippen molar-refractivity contribution in [2.24, 2.45) is 0 Å². The van der Waals surface area contributed by atoms with E-state index in [0.717, 1.165) is 30.4 Å². The van der Waals surface area contributed by atoms with Crippen LogP contribution < -0.4 is 5.32 Å². The van der Waals surface area contributed by atoms with E-state index in [4.69, 9.17) is 5.26 Å². The first kappa shape index (κ1) is 16.3. The SMILES string of the molecule is N#Cc1ccc2[nH]cc(C3CCN(CC(=O)Nc4ccccn4)C3)c2c1. The standard InChI is InChI=1S/C20H19N5O/c21-10-14-4-5-18-16(9-14)17(11-23-18)15-6-8-25(12-15)13-20(26)24-19-3-1-2-7-22-19/h1-5,7,9,11,15,23H,6,8,12-13H2,(H,22,24,26). The maximum Gasteiger partial charge on any atom is 0.239 e. The lowest BCUT2D eigenvalue weighted by molar-refractivity contribution is -0.117. The lowest BCUT2D eigenvalue weighted by atomic mass is 9.97. The third-order valence-corrected chi connectivity index (χ3v) is 4.85. The molecule has 0 bridgehead atoms. The highest BCUT2D eigenvalue weighted by atomic mass is 16.2. The van der Waals surface area contributed by atoms with Crippen molar-refractivity contribution >= 4 is 22.6 Å². The first-order valence-electron chi connectivity index (χ1n) is 8.67. The molecule has 0 saturated carbocycles. The molecule has 2 N–H and O–H groups in total. The highest BCUT2D eigenvalue weighted by molar-refractivity contribution is 5.91. The number of H-pyrrole nitrogens is 1. The maximum absolute atomic E-state index is 12.2. The molecule has 1 saturated heterocycles. The number of nitriles is 1. The predicted octanol–water partition coefficient (Wildman–Crippen LogP) is 2.86. The molecular weight excluding hydrogens is 326 g/mol. The van der Waals surface area contributed by atoms with Gasteiger partial charge in [0.25, 0.3) is 0 Å². The average molecular weight is 345 g/mol. The topological polar surface area (TPSA) is 84.8 Å². The minimum atomic E-state index is -0.0463. The number of likely N-dealkylation sites (tertiary alicyclic amines) is 1. The number of aromatic nitrogens is 2. The van der Waals surface area contributed by atoms with Gasteiger partial charge in [-0.25, -0.2) is 4.98 Å². The molecule has 0 aliphatic carbocycles.